The molecule has 6 heteroatoms. The minimum Gasteiger partial charge on any atom is -0.325 e. The average Bonchev–Trinajstić information content (AvgIpc) is 2.12. The van der Waals surface area contributed by atoms with Gasteiger partial charge in [0.15, 0.2) is 0 Å². The number of amides is 2. The monoisotopic (exact) mass is 206 g/mol. The van der Waals surface area contributed by atoms with Crippen molar-refractivity contribution in [3.63, 3.8) is 0 Å². The average molecular weight is 206 g/mol. The Morgan fingerprint density at radius 2 is 1.79 bits per heavy atom. The van der Waals surface area contributed by atoms with E-state index in [1.807, 2.05) is 0 Å². The normalized spacial score (nSPS) is 18.9. The first-order valence-corrected chi connectivity index (χ1v) is 4.37. The summed E-state index contributed by atoms with van der Waals surface area (Å²) in [5.74, 6) is -4.24. The highest BCUT2D eigenvalue weighted by Gasteiger charge is 2.36. The maximum Gasteiger partial charge on any atom is 0.277 e. The molecule has 0 aromatic heterocycles. The van der Waals surface area contributed by atoms with Crippen LogP contribution in [0.2, 0.25) is 0 Å². The highest BCUT2D eigenvalue weighted by Crippen LogP contribution is 2.19. The van der Waals surface area contributed by atoms with E-state index in [4.69, 9.17) is 5.73 Å². The van der Waals surface area contributed by atoms with Crippen molar-refractivity contribution in [3.05, 3.63) is 0 Å². The van der Waals surface area contributed by atoms with E-state index in [-0.39, 0.29) is 12.8 Å². The van der Waals surface area contributed by atoms with Crippen molar-refractivity contribution in [2.75, 3.05) is 13.1 Å². The predicted molar refractivity (Wildman–Crippen MR) is 44.6 cm³/mol. The molecule has 4 nitrogen and oxygen atoms in total. The summed E-state index contributed by atoms with van der Waals surface area (Å²) >= 11 is 0. The summed E-state index contributed by atoms with van der Waals surface area (Å²) in [5.41, 5.74) is 4.82. The smallest absolute Gasteiger partial charge is 0.277 e. The number of imide groups is 1. The van der Waals surface area contributed by atoms with Crippen molar-refractivity contribution in [2.45, 2.75) is 25.2 Å². The van der Waals surface area contributed by atoms with E-state index in [0.29, 0.717) is 11.3 Å². The maximum atomic E-state index is 12.8. The molecule has 2 amide bonds. The number of hydrogen-bond acceptors (Lipinski definition) is 3. The molecule has 14 heavy (non-hydrogen) atoms. The Morgan fingerprint density at radius 1 is 1.29 bits per heavy atom. The Balaban J connectivity index is 2.65. The molecule has 0 spiro atoms. The van der Waals surface area contributed by atoms with Gasteiger partial charge in [-0.2, -0.15) is 0 Å². The number of carbonyl (C=O) groups is 2. The minimum atomic E-state index is -3.18. The van der Waals surface area contributed by atoms with Crippen LogP contribution in [0.25, 0.3) is 0 Å². The van der Waals surface area contributed by atoms with Crippen LogP contribution in [0.4, 0.5) is 8.78 Å². The summed E-state index contributed by atoms with van der Waals surface area (Å²) in [7, 11) is 0. The Kier molecular flexibility index (Phi) is 3.15. The fourth-order valence-electron chi connectivity index (χ4n) is 1.27. The zero-order chi connectivity index (χ0) is 10.8. The maximum absolute atomic E-state index is 12.8. The Labute approximate surface area is 80.0 Å². The molecule has 0 atom stereocenters. The van der Waals surface area contributed by atoms with Crippen LogP contribution in [0, 0.1) is 0 Å². The first kappa shape index (κ1) is 11.0. The van der Waals surface area contributed by atoms with E-state index in [2.05, 4.69) is 0 Å². The molecule has 1 saturated heterocycles. The van der Waals surface area contributed by atoms with Crippen molar-refractivity contribution in [1.82, 2.24) is 4.90 Å². The largest absolute Gasteiger partial charge is 0.325 e. The molecule has 0 saturated carbocycles. The van der Waals surface area contributed by atoms with Gasteiger partial charge in [0.05, 0.1) is 13.1 Å². The molecule has 1 rings (SSSR count). The van der Waals surface area contributed by atoms with E-state index < -0.39 is 30.8 Å². The number of hydrogen-bond donors (Lipinski definition) is 1. The SMILES string of the molecule is NCC(F)(F)CN1C(=O)CCCC1=O. The van der Waals surface area contributed by atoms with Crippen molar-refractivity contribution in [3.8, 4) is 0 Å². The molecule has 0 aromatic rings. The molecular formula is C8H12F2N2O2. The molecule has 80 valence electrons. The van der Waals surface area contributed by atoms with Gasteiger partial charge in [-0.15, -0.1) is 0 Å². The van der Waals surface area contributed by atoms with Gasteiger partial charge >= 0.3 is 0 Å². The van der Waals surface area contributed by atoms with Gasteiger partial charge in [-0.1, -0.05) is 0 Å². The second kappa shape index (κ2) is 4.00. The number of carbonyl (C=O) groups excluding carboxylic acids is 2. The first-order valence-electron chi connectivity index (χ1n) is 4.37. The standard InChI is InChI=1S/C8H12F2N2O2/c9-8(10,4-11)5-12-6(13)2-1-3-7(12)14/h1-5,11H2. The zero-order valence-corrected chi connectivity index (χ0v) is 7.63. The quantitative estimate of drug-likeness (QED) is 0.667. The van der Waals surface area contributed by atoms with Crippen molar-refractivity contribution in [1.29, 1.82) is 0 Å². The second-order valence-corrected chi connectivity index (χ2v) is 3.29. The minimum absolute atomic E-state index is 0.159. The summed E-state index contributed by atoms with van der Waals surface area (Å²) in [6, 6.07) is 0. The van der Waals surface area contributed by atoms with Gasteiger partial charge in [0, 0.05) is 12.8 Å². The van der Waals surface area contributed by atoms with Crippen LogP contribution in [0.3, 0.4) is 0 Å². The van der Waals surface area contributed by atoms with Crippen LogP contribution in [0.15, 0.2) is 0 Å². The predicted octanol–water partition coefficient (Wildman–Crippen LogP) is 0.119. The Hall–Kier alpha value is -1.04. The summed E-state index contributed by atoms with van der Waals surface area (Å²) in [5, 5.41) is 0. The van der Waals surface area contributed by atoms with Crippen molar-refractivity contribution in [2.24, 2.45) is 5.73 Å². The zero-order valence-electron chi connectivity index (χ0n) is 7.63. The van der Waals surface area contributed by atoms with Crippen LogP contribution in [0.5, 0.6) is 0 Å². The molecule has 0 aliphatic carbocycles. The van der Waals surface area contributed by atoms with Crippen molar-refractivity contribution < 1.29 is 18.4 Å². The topological polar surface area (TPSA) is 63.4 Å². The molecule has 1 fully saturated rings. The lowest BCUT2D eigenvalue weighted by molar-refractivity contribution is -0.153. The van der Waals surface area contributed by atoms with E-state index >= 15 is 0 Å². The van der Waals surface area contributed by atoms with E-state index in [1.54, 1.807) is 0 Å². The lowest BCUT2D eigenvalue weighted by Crippen LogP contribution is -2.49. The third-order valence-corrected chi connectivity index (χ3v) is 2.07. The van der Waals surface area contributed by atoms with Gasteiger partial charge in [0.1, 0.15) is 0 Å². The number of piperidine rings is 1. The van der Waals surface area contributed by atoms with E-state index in [9.17, 15) is 18.4 Å². The Morgan fingerprint density at radius 3 is 2.21 bits per heavy atom. The number of alkyl halides is 2. The second-order valence-electron chi connectivity index (χ2n) is 3.29. The lowest BCUT2D eigenvalue weighted by atomic mass is 10.1. The van der Waals surface area contributed by atoms with Crippen molar-refractivity contribution >= 4 is 11.8 Å². The van der Waals surface area contributed by atoms with E-state index in [1.165, 1.54) is 0 Å². The fourth-order valence-corrected chi connectivity index (χ4v) is 1.27. The Bertz CT molecular complexity index is 240. The molecule has 0 radical (unpaired) electrons. The van der Waals surface area contributed by atoms with Crippen LogP contribution in [-0.4, -0.2) is 35.7 Å². The number of likely N-dealkylation sites (tertiary alicyclic amines) is 1. The third kappa shape index (κ3) is 2.47. The highest BCUT2D eigenvalue weighted by atomic mass is 19.3. The summed E-state index contributed by atoms with van der Waals surface area (Å²) in [4.78, 5) is 22.9. The van der Waals surface area contributed by atoms with Crippen LogP contribution >= 0.6 is 0 Å². The lowest BCUT2D eigenvalue weighted by Gasteiger charge is -2.28. The fraction of sp³-hybridized carbons (Fsp3) is 0.750. The van der Waals surface area contributed by atoms with Gasteiger partial charge < -0.3 is 5.73 Å². The number of nitrogens with zero attached hydrogens (tertiary/aromatic N) is 1. The first-order chi connectivity index (χ1) is 6.46. The highest BCUT2D eigenvalue weighted by molar-refractivity contribution is 5.97. The van der Waals surface area contributed by atoms with Crippen LogP contribution in [-0.2, 0) is 9.59 Å². The molecule has 0 aromatic carbocycles. The van der Waals surface area contributed by atoms with Gasteiger partial charge in [0.2, 0.25) is 11.8 Å². The van der Waals surface area contributed by atoms with Gasteiger partial charge in [-0.3, -0.25) is 14.5 Å². The van der Waals surface area contributed by atoms with E-state index in [0.717, 1.165) is 0 Å². The van der Waals surface area contributed by atoms with Gasteiger partial charge in [-0.25, -0.2) is 8.78 Å². The third-order valence-electron chi connectivity index (χ3n) is 2.07. The summed E-state index contributed by atoms with van der Waals surface area (Å²) in [6.07, 6.45) is 0.765. The van der Waals surface area contributed by atoms with Gasteiger partial charge in [-0.05, 0) is 6.42 Å². The summed E-state index contributed by atoms with van der Waals surface area (Å²) in [6.45, 7) is -1.74. The number of nitrogens with two attached hydrogens (primary N) is 1. The summed E-state index contributed by atoms with van der Waals surface area (Å²) < 4.78 is 25.6. The molecule has 1 aliphatic rings. The number of halogens is 2. The molecule has 0 bridgehead atoms. The molecule has 0 unspecified atom stereocenters. The molecular weight excluding hydrogens is 194 g/mol. The van der Waals surface area contributed by atoms with Gasteiger partial charge in [0.25, 0.3) is 5.92 Å². The van der Waals surface area contributed by atoms with Crippen LogP contribution < -0.4 is 5.73 Å². The molecule has 1 heterocycles. The molecule has 2 N–H and O–H groups in total. The number of rotatable bonds is 3. The van der Waals surface area contributed by atoms with Crippen LogP contribution in [0.1, 0.15) is 19.3 Å². The molecule has 1 aliphatic heterocycles.